The second kappa shape index (κ2) is 9.10. The standard InChI is InChI=1S/C27H46B3O4/c1-6-7-8-17-9-12-23(2)21-18(10-13-26(23,30-29)22(17)28)19-11-14-27(33,25(4,16-31)34-5)24(19,3)15-20(21)32/h17-22,31-33H,6-16H2,1-5H3. The van der Waals surface area contributed by atoms with Crippen LogP contribution < -0.4 is 0 Å². The summed E-state index contributed by atoms with van der Waals surface area (Å²) in [4.78, 5) is 0. The highest BCUT2D eigenvalue weighted by molar-refractivity contribution is 6.91. The average Bonchev–Trinajstić information content (AvgIpc) is 3.09. The number of hydrogen-bond acceptors (Lipinski definition) is 4. The fraction of sp³-hybridized carbons (Fsp3) is 1.00. The fourth-order valence-corrected chi connectivity index (χ4v) is 10.1. The molecule has 4 aliphatic rings. The van der Waals surface area contributed by atoms with Crippen LogP contribution in [-0.2, 0) is 4.74 Å². The van der Waals surface area contributed by atoms with Crippen LogP contribution in [0.25, 0.3) is 0 Å². The zero-order valence-corrected chi connectivity index (χ0v) is 22.2. The van der Waals surface area contributed by atoms with E-state index in [1.807, 2.05) is 14.1 Å². The van der Waals surface area contributed by atoms with Crippen molar-refractivity contribution >= 4 is 22.8 Å². The van der Waals surface area contributed by atoms with Crippen molar-refractivity contribution in [3.8, 4) is 0 Å². The van der Waals surface area contributed by atoms with E-state index in [4.69, 9.17) is 20.3 Å². The number of unbranched alkanes of at least 4 members (excludes halogenated alkanes) is 1. The third-order valence-corrected chi connectivity index (χ3v) is 12.3. The lowest BCUT2D eigenvalue weighted by atomic mass is 9.20. The molecule has 3 N–H and O–H groups in total. The predicted octanol–water partition coefficient (Wildman–Crippen LogP) is 3.83. The van der Waals surface area contributed by atoms with Crippen LogP contribution in [-0.4, -0.2) is 69.1 Å². The molecular formula is C27H46B3O4. The zero-order valence-electron chi connectivity index (χ0n) is 22.2. The van der Waals surface area contributed by atoms with Crippen LogP contribution in [0.3, 0.4) is 0 Å². The molecular weight excluding hydrogens is 421 g/mol. The Morgan fingerprint density at radius 2 is 1.82 bits per heavy atom. The van der Waals surface area contributed by atoms with Crippen molar-refractivity contribution in [2.24, 2.45) is 34.5 Å². The molecule has 187 valence electrons. The van der Waals surface area contributed by atoms with E-state index < -0.39 is 22.7 Å². The Hall–Kier alpha value is 0.0348. The van der Waals surface area contributed by atoms with E-state index in [2.05, 4.69) is 20.8 Å². The molecule has 0 spiro atoms. The lowest BCUT2D eigenvalue weighted by molar-refractivity contribution is -0.256. The first-order valence-corrected chi connectivity index (χ1v) is 13.8. The zero-order chi connectivity index (χ0) is 25.2. The van der Waals surface area contributed by atoms with Gasteiger partial charge in [-0.15, -0.1) is 0 Å². The van der Waals surface area contributed by atoms with E-state index in [0.717, 1.165) is 38.5 Å². The third-order valence-electron chi connectivity index (χ3n) is 12.3. The van der Waals surface area contributed by atoms with Gasteiger partial charge in [0, 0.05) is 20.3 Å². The number of methoxy groups -OCH3 is 1. The van der Waals surface area contributed by atoms with Gasteiger partial charge in [0.1, 0.15) is 11.2 Å². The largest absolute Gasteiger partial charge is 0.393 e. The Kier molecular flexibility index (Phi) is 7.25. The van der Waals surface area contributed by atoms with Crippen molar-refractivity contribution in [1.82, 2.24) is 0 Å². The minimum atomic E-state index is -1.19. The molecule has 0 aliphatic heterocycles. The van der Waals surface area contributed by atoms with E-state index in [-0.39, 0.29) is 35.0 Å². The second-order valence-electron chi connectivity index (χ2n) is 13.1. The Morgan fingerprint density at radius 1 is 1.12 bits per heavy atom. The van der Waals surface area contributed by atoms with Crippen LogP contribution in [0.1, 0.15) is 91.9 Å². The summed E-state index contributed by atoms with van der Waals surface area (Å²) >= 11 is 0. The molecule has 0 amide bonds. The van der Waals surface area contributed by atoms with Crippen molar-refractivity contribution in [2.45, 2.75) is 120 Å². The van der Waals surface area contributed by atoms with Crippen LogP contribution >= 0.6 is 0 Å². The summed E-state index contributed by atoms with van der Waals surface area (Å²) in [5, 5.41) is 33.9. The molecule has 11 unspecified atom stereocenters. The van der Waals surface area contributed by atoms with Gasteiger partial charge in [0.05, 0.1) is 27.7 Å². The van der Waals surface area contributed by atoms with Crippen molar-refractivity contribution in [3.63, 3.8) is 0 Å². The molecule has 7 heteroatoms. The highest BCUT2D eigenvalue weighted by atomic mass is 16.5. The Bertz CT molecular complexity index is 749. The van der Waals surface area contributed by atoms with Gasteiger partial charge in [-0.3, -0.25) is 0 Å². The fourth-order valence-electron chi connectivity index (χ4n) is 10.1. The molecule has 11 atom stereocenters. The topological polar surface area (TPSA) is 69.9 Å². The van der Waals surface area contributed by atoms with Crippen LogP contribution in [0.5, 0.6) is 0 Å². The Balaban J connectivity index is 1.70. The van der Waals surface area contributed by atoms with E-state index in [1.165, 1.54) is 12.8 Å². The quantitative estimate of drug-likeness (QED) is 0.499. The van der Waals surface area contributed by atoms with Crippen LogP contribution in [0.15, 0.2) is 0 Å². The molecule has 0 bridgehead atoms. The summed E-state index contributed by atoms with van der Waals surface area (Å²) in [5.74, 6) is 1.20. The lowest BCUT2D eigenvalue weighted by Gasteiger charge is -2.70. The van der Waals surface area contributed by atoms with Gasteiger partial charge in [0.2, 0.25) is 0 Å². The van der Waals surface area contributed by atoms with Gasteiger partial charge >= 0.3 is 0 Å². The molecule has 4 fully saturated rings. The summed E-state index contributed by atoms with van der Waals surface area (Å²) < 4.78 is 5.74. The third kappa shape index (κ3) is 3.28. The molecule has 4 rings (SSSR count). The molecule has 0 saturated heterocycles. The Morgan fingerprint density at radius 3 is 2.41 bits per heavy atom. The summed E-state index contributed by atoms with van der Waals surface area (Å²) in [6.45, 7) is 8.28. The maximum atomic E-state index is 12.1. The molecule has 0 aromatic rings. The number of ether oxygens (including phenoxy) is 1. The normalized spacial score (nSPS) is 52.2. The van der Waals surface area contributed by atoms with Crippen LogP contribution in [0, 0.1) is 34.5 Å². The number of rotatable bonds is 7. The molecule has 4 nitrogen and oxygen atoms in total. The lowest BCUT2D eigenvalue weighted by Crippen LogP contribution is -2.68. The van der Waals surface area contributed by atoms with E-state index in [1.54, 1.807) is 7.11 Å². The highest BCUT2D eigenvalue weighted by Gasteiger charge is 2.72. The Labute approximate surface area is 211 Å². The summed E-state index contributed by atoms with van der Waals surface area (Å²) in [6.07, 6.45) is 9.04. The molecule has 34 heavy (non-hydrogen) atoms. The predicted molar refractivity (Wildman–Crippen MR) is 139 cm³/mol. The molecule has 0 heterocycles. The maximum Gasteiger partial charge on any atom is 0.117 e. The number of hydrogen-bond donors (Lipinski definition) is 3. The number of aliphatic hydroxyl groups excluding tert-OH is 2. The van der Waals surface area contributed by atoms with Gasteiger partial charge in [0.25, 0.3) is 0 Å². The van der Waals surface area contributed by atoms with Crippen molar-refractivity contribution in [1.29, 1.82) is 0 Å². The van der Waals surface area contributed by atoms with Gasteiger partial charge in [-0.2, -0.15) is 0 Å². The van der Waals surface area contributed by atoms with Gasteiger partial charge < -0.3 is 20.1 Å². The first kappa shape index (κ1) is 27.1. The molecule has 5 radical (unpaired) electrons. The van der Waals surface area contributed by atoms with Gasteiger partial charge in [-0.25, -0.2) is 0 Å². The molecule has 0 aromatic heterocycles. The average molecular weight is 467 g/mol. The number of aliphatic hydroxyl groups is 3. The first-order valence-electron chi connectivity index (χ1n) is 13.8. The highest BCUT2D eigenvalue weighted by Crippen LogP contribution is 2.76. The first-order chi connectivity index (χ1) is 15.9. The number of fused-ring (bicyclic) bond motifs is 5. The van der Waals surface area contributed by atoms with E-state index in [0.29, 0.717) is 24.7 Å². The second-order valence-corrected chi connectivity index (χ2v) is 13.1. The SMILES string of the molecule is [B][B]C12CCC3C(C(O)CC4(C)C3CCC4(O)C(C)(CO)OC)C1(C)CCC(CCCC)C2[B]. The van der Waals surface area contributed by atoms with Crippen LogP contribution in [0.2, 0.25) is 11.1 Å². The minimum Gasteiger partial charge on any atom is -0.393 e. The molecule has 0 aromatic carbocycles. The molecule has 4 saturated carbocycles. The van der Waals surface area contributed by atoms with E-state index in [9.17, 15) is 15.3 Å². The van der Waals surface area contributed by atoms with Crippen molar-refractivity contribution in [3.05, 3.63) is 0 Å². The monoisotopic (exact) mass is 467 g/mol. The van der Waals surface area contributed by atoms with Crippen molar-refractivity contribution < 1.29 is 20.1 Å². The van der Waals surface area contributed by atoms with Gasteiger partial charge in [0.15, 0.2) is 0 Å². The van der Waals surface area contributed by atoms with Gasteiger partial charge in [-0.05, 0) is 68.1 Å². The van der Waals surface area contributed by atoms with E-state index >= 15 is 0 Å². The smallest absolute Gasteiger partial charge is 0.117 e. The maximum absolute atomic E-state index is 12.1. The minimum absolute atomic E-state index is 0.0240. The van der Waals surface area contributed by atoms with Crippen molar-refractivity contribution in [2.75, 3.05) is 13.7 Å². The summed E-state index contributed by atoms with van der Waals surface area (Å²) in [7, 11) is 17.0. The van der Waals surface area contributed by atoms with Crippen LogP contribution in [0.4, 0.5) is 0 Å². The summed E-state index contributed by atoms with van der Waals surface area (Å²) in [6, 6.07) is 0. The molecule has 4 aliphatic carbocycles. The summed E-state index contributed by atoms with van der Waals surface area (Å²) in [5.41, 5.74) is -2.93. The van der Waals surface area contributed by atoms with Gasteiger partial charge in [-0.1, -0.05) is 64.0 Å².